The van der Waals surface area contributed by atoms with Gasteiger partial charge >= 0.3 is 0 Å². The van der Waals surface area contributed by atoms with E-state index in [1.807, 2.05) is 6.92 Å². The number of sulfonamides is 1. The van der Waals surface area contributed by atoms with Crippen LogP contribution in [0.1, 0.15) is 12.5 Å². The molecule has 0 spiro atoms. The molecule has 0 atom stereocenters. The zero-order valence-electron chi connectivity index (χ0n) is 15.9. The molecule has 160 valence electrons. The predicted molar refractivity (Wildman–Crippen MR) is 119 cm³/mol. The molecule has 0 aliphatic heterocycles. The monoisotopic (exact) mass is 539 g/mol. The van der Waals surface area contributed by atoms with Crippen molar-refractivity contribution in [3.8, 4) is 0 Å². The standard InChI is InChI=1S/C18H23F2N5O2S.HI/c1-2-22-18(23-9-7-14-12-15(19)5-6-17(14)20)24-10-11-25-28(26,27)16-4-3-8-21-13-16;/h3-6,8,12-13,25H,2,7,9-11H2,1H3,(H2,22,23,24);1H. The lowest BCUT2D eigenvalue weighted by Gasteiger charge is -2.12. The Balaban J connectivity index is 0.00000420. The van der Waals surface area contributed by atoms with Crippen LogP contribution in [0.5, 0.6) is 0 Å². The number of hydrogen-bond donors (Lipinski definition) is 3. The van der Waals surface area contributed by atoms with Crippen molar-refractivity contribution in [2.45, 2.75) is 18.2 Å². The molecule has 0 fully saturated rings. The number of guanidine groups is 1. The minimum atomic E-state index is -3.63. The predicted octanol–water partition coefficient (Wildman–Crippen LogP) is 2.05. The van der Waals surface area contributed by atoms with Crippen molar-refractivity contribution in [2.24, 2.45) is 4.99 Å². The molecule has 0 aliphatic rings. The third-order valence-electron chi connectivity index (χ3n) is 3.66. The van der Waals surface area contributed by atoms with Gasteiger partial charge in [-0.2, -0.15) is 0 Å². The first-order valence-corrected chi connectivity index (χ1v) is 10.3. The van der Waals surface area contributed by atoms with Crippen molar-refractivity contribution in [1.82, 2.24) is 20.3 Å². The molecule has 11 heteroatoms. The van der Waals surface area contributed by atoms with Gasteiger partial charge in [-0.3, -0.25) is 9.98 Å². The first-order chi connectivity index (χ1) is 13.4. The highest BCUT2D eigenvalue weighted by Gasteiger charge is 2.12. The summed E-state index contributed by atoms with van der Waals surface area (Å²) in [4.78, 5) is 8.13. The molecule has 1 heterocycles. The second kappa shape index (κ2) is 12.6. The van der Waals surface area contributed by atoms with E-state index in [4.69, 9.17) is 0 Å². The Bertz CT molecular complexity index is 898. The molecule has 3 N–H and O–H groups in total. The number of benzene rings is 1. The summed E-state index contributed by atoms with van der Waals surface area (Å²) in [5.74, 6) is -0.493. The number of aliphatic imine (C=N–C) groups is 1. The van der Waals surface area contributed by atoms with E-state index in [9.17, 15) is 17.2 Å². The van der Waals surface area contributed by atoms with Crippen LogP contribution in [0.25, 0.3) is 0 Å². The van der Waals surface area contributed by atoms with Crippen molar-refractivity contribution in [3.05, 3.63) is 59.9 Å². The maximum absolute atomic E-state index is 13.6. The molecule has 29 heavy (non-hydrogen) atoms. The topological polar surface area (TPSA) is 95.5 Å². The largest absolute Gasteiger partial charge is 0.357 e. The van der Waals surface area contributed by atoms with E-state index in [0.29, 0.717) is 19.0 Å². The van der Waals surface area contributed by atoms with E-state index in [-0.39, 0.29) is 53.9 Å². The zero-order chi connectivity index (χ0) is 20.4. The van der Waals surface area contributed by atoms with Gasteiger partial charge < -0.3 is 10.6 Å². The van der Waals surface area contributed by atoms with Crippen molar-refractivity contribution in [1.29, 1.82) is 0 Å². The molecule has 7 nitrogen and oxygen atoms in total. The summed E-state index contributed by atoms with van der Waals surface area (Å²) in [6, 6.07) is 6.33. The molecule has 1 aromatic heterocycles. The number of rotatable bonds is 9. The summed E-state index contributed by atoms with van der Waals surface area (Å²) >= 11 is 0. The zero-order valence-corrected chi connectivity index (χ0v) is 19.0. The second-order valence-corrected chi connectivity index (χ2v) is 7.53. The lowest BCUT2D eigenvalue weighted by atomic mass is 10.1. The first kappa shape index (κ1) is 25.2. The number of halogens is 3. The summed E-state index contributed by atoms with van der Waals surface area (Å²) in [5, 5.41) is 6.02. The minimum absolute atomic E-state index is 0. The van der Waals surface area contributed by atoms with Crippen molar-refractivity contribution in [3.63, 3.8) is 0 Å². The summed E-state index contributed by atoms with van der Waals surface area (Å²) in [7, 11) is -3.63. The van der Waals surface area contributed by atoms with Crippen molar-refractivity contribution < 1.29 is 17.2 Å². The molecule has 0 aliphatic carbocycles. The Kier molecular flexibility index (Phi) is 11.0. The fraction of sp³-hybridized carbons (Fsp3) is 0.333. The van der Waals surface area contributed by atoms with Crippen LogP contribution in [0.2, 0.25) is 0 Å². The summed E-state index contributed by atoms with van der Waals surface area (Å²) < 4.78 is 53.5. The third kappa shape index (κ3) is 8.58. The normalized spacial score (nSPS) is 11.6. The Hall–Kier alpha value is -1.86. The van der Waals surface area contributed by atoms with Crippen molar-refractivity contribution >= 4 is 40.0 Å². The van der Waals surface area contributed by atoms with Crippen LogP contribution in [0.4, 0.5) is 8.78 Å². The average Bonchev–Trinajstić information content (AvgIpc) is 2.68. The van der Waals surface area contributed by atoms with E-state index in [1.165, 1.54) is 18.5 Å². The Morgan fingerprint density at radius 2 is 1.97 bits per heavy atom. The van der Waals surface area contributed by atoms with Gasteiger partial charge in [0.05, 0.1) is 6.54 Å². The van der Waals surface area contributed by atoms with Crippen LogP contribution < -0.4 is 15.4 Å². The highest BCUT2D eigenvalue weighted by Crippen LogP contribution is 2.09. The number of nitrogens with zero attached hydrogens (tertiary/aromatic N) is 2. The molecule has 0 amide bonds. The lowest BCUT2D eigenvalue weighted by molar-refractivity contribution is 0.581. The van der Waals surface area contributed by atoms with Crippen LogP contribution in [0.15, 0.2) is 52.6 Å². The van der Waals surface area contributed by atoms with E-state index in [0.717, 1.165) is 18.2 Å². The first-order valence-electron chi connectivity index (χ1n) is 8.78. The van der Waals surface area contributed by atoms with E-state index in [2.05, 4.69) is 25.3 Å². The van der Waals surface area contributed by atoms with Gasteiger partial charge in [0.15, 0.2) is 5.96 Å². The molecular formula is C18H24F2IN5O2S. The van der Waals surface area contributed by atoms with Gasteiger partial charge in [0.25, 0.3) is 0 Å². The molecule has 0 radical (unpaired) electrons. The molecule has 2 rings (SSSR count). The Labute approximate surface area is 186 Å². The summed E-state index contributed by atoms with van der Waals surface area (Å²) in [6.45, 7) is 3.12. The maximum Gasteiger partial charge on any atom is 0.242 e. The van der Waals surface area contributed by atoms with Gasteiger partial charge in [-0.1, -0.05) is 0 Å². The fourth-order valence-electron chi connectivity index (χ4n) is 2.33. The van der Waals surface area contributed by atoms with E-state index < -0.39 is 21.7 Å². The highest BCUT2D eigenvalue weighted by molar-refractivity contribution is 14.0. The summed E-state index contributed by atoms with van der Waals surface area (Å²) in [5.41, 5.74) is 0.271. The number of hydrogen-bond acceptors (Lipinski definition) is 4. The van der Waals surface area contributed by atoms with Crippen LogP contribution in [-0.2, 0) is 16.4 Å². The summed E-state index contributed by atoms with van der Waals surface area (Å²) in [6.07, 6.45) is 3.04. The Morgan fingerprint density at radius 3 is 2.66 bits per heavy atom. The van der Waals surface area contributed by atoms with Gasteiger partial charge in [-0.05, 0) is 49.2 Å². The van der Waals surface area contributed by atoms with Crippen molar-refractivity contribution in [2.75, 3.05) is 26.2 Å². The SMILES string of the molecule is CCNC(=NCCNS(=O)(=O)c1cccnc1)NCCc1cc(F)ccc1F.I. The second-order valence-electron chi connectivity index (χ2n) is 5.76. The van der Waals surface area contributed by atoms with Crippen LogP contribution in [0.3, 0.4) is 0 Å². The van der Waals surface area contributed by atoms with E-state index in [1.54, 1.807) is 6.07 Å². The molecular weight excluding hydrogens is 515 g/mol. The lowest BCUT2D eigenvalue weighted by Crippen LogP contribution is -2.39. The van der Waals surface area contributed by atoms with Crippen LogP contribution in [0, 0.1) is 11.6 Å². The fourth-order valence-corrected chi connectivity index (χ4v) is 3.31. The van der Waals surface area contributed by atoms with Gasteiger partial charge in [0, 0.05) is 32.0 Å². The smallest absolute Gasteiger partial charge is 0.242 e. The van der Waals surface area contributed by atoms with Crippen LogP contribution in [-0.4, -0.2) is 45.5 Å². The average molecular weight is 539 g/mol. The maximum atomic E-state index is 13.6. The molecule has 0 saturated heterocycles. The quantitative estimate of drug-likeness (QED) is 0.196. The minimum Gasteiger partial charge on any atom is -0.357 e. The number of aromatic nitrogens is 1. The van der Waals surface area contributed by atoms with Gasteiger partial charge in [-0.25, -0.2) is 21.9 Å². The number of pyridine rings is 1. The Morgan fingerprint density at radius 1 is 1.17 bits per heavy atom. The van der Waals surface area contributed by atoms with Gasteiger partial charge in [0.1, 0.15) is 16.5 Å². The molecule has 0 bridgehead atoms. The van der Waals surface area contributed by atoms with Crippen LogP contribution >= 0.6 is 24.0 Å². The molecule has 2 aromatic rings. The molecule has 1 aromatic carbocycles. The van der Waals surface area contributed by atoms with Gasteiger partial charge in [-0.15, -0.1) is 24.0 Å². The van der Waals surface area contributed by atoms with Gasteiger partial charge in [0.2, 0.25) is 10.0 Å². The molecule has 0 unspecified atom stereocenters. The highest BCUT2D eigenvalue weighted by atomic mass is 127. The third-order valence-corrected chi connectivity index (χ3v) is 5.10. The number of nitrogens with one attached hydrogen (secondary N) is 3. The molecule has 0 saturated carbocycles. The van der Waals surface area contributed by atoms with E-state index >= 15 is 0 Å².